The number of carbonyl (C=O) groups is 2. The van der Waals surface area contributed by atoms with Crippen molar-refractivity contribution >= 4 is 17.6 Å². The van der Waals surface area contributed by atoms with Gasteiger partial charge >= 0.3 is 5.97 Å². The molecule has 1 aliphatic rings. The summed E-state index contributed by atoms with van der Waals surface area (Å²) in [5.41, 5.74) is 2.21. The number of anilines is 1. The van der Waals surface area contributed by atoms with Gasteiger partial charge in [-0.15, -0.1) is 0 Å². The number of carbonyl (C=O) groups excluding carboxylic acids is 1. The smallest absolute Gasteiger partial charge is 0.332 e. The molecule has 5 heteroatoms. The first-order chi connectivity index (χ1) is 9.54. The third-order valence-corrected chi connectivity index (χ3v) is 3.17. The molecule has 0 spiro atoms. The van der Waals surface area contributed by atoms with Crippen LogP contribution in [0.1, 0.15) is 12.0 Å². The predicted molar refractivity (Wildman–Crippen MR) is 76.6 cm³/mol. The molecule has 0 saturated heterocycles. The van der Waals surface area contributed by atoms with Gasteiger partial charge in [-0.05, 0) is 31.0 Å². The van der Waals surface area contributed by atoms with Crippen molar-refractivity contribution < 1.29 is 14.7 Å². The SMILES string of the molecule is Cc1cccc(NC(=O)CN2CCC=C(C(=O)O)C2)c1. The van der Waals surface area contributed by atoms with E-state index in [4.69, 9.17) is 5.11 Å². The zero-order chi connectivity index (χ0) is 14.5. The second kappa shape index (κ2) is 6.34. The van der Waals surface area contributed by atoms with E-state index in [-0.39, 0.29) is 12.5 Å². The maximum atomic E-state index is 11.9. The van der Waals surface area contributed by atoms with Crippen LogP contribution >= 0.6 is 0 Å². The molecular formula is C15H18N2O3. The van der Waals surface area contributed by atoms with E-state index in [1.165, 1.54) is 0 Å². The van der Waals surface area contributed by atoms with Gasteiger partial charge in [-0.3, -0.25) is 9.69 Å². The molecule has 1 amide bonds. The van der Waals surface area contributed by atoms with Crippen LogP contribution in [0.15, 0.2) is 35.9 Å². The minimum Gasteiger partial charge on any atom is -0.478 e. The highest BCUT2D eigenvalue weighted by Crippen LogP contribution is 2.12. The van der Waals surface area contributed by atoms with E-state index in [2.05, 4.69) is 5.32 Å². The number of nitrogens with zero attached hydrogens (tertiary/aromatic N) is 1. The molecule has 2 N–H and O–H groups in total. The molecule has 1 aromatic rings. The van der Waals surface area contributed by atoms with Crippen molar-refractivity contribution in [1.82, 2.24) is 4.90 Å². The molecular weight excluding hydrogens is 256 g/mol. The van der Waals surface area contributed by atoms with Crippen LogP contribution in [-0.2, 0) is 9.59 Å². The van der Waals surface area contributed by atoms with Crippen molar-refractivity contribution in [2.45, 2.75) is 13.3 Å². The number of aryl methyl sites for hydroxylation is 1. The number of hydrogen-bond acceptors (Lipinski definition) is 3. The predicted octanol–water partition coefficient (Wildman–Crippen LogP) is 1.65. The van der Waals surface area contributed by atoms with Crippen LogP contribution in [-0.4, -0.2) is 41.5 Å². The summed E-state index contributed by atoms with van der Waals surface area (Å²) in [5.74, 6) is -1.03. The molecule has 0 aliphatic carbocycles. The summed E-state index contributed by atoms with van der Waals surface area (Å²) < 4.78 is 0. The Labute approximate surface area is 117 Å². The number of nitrogens with one attached hydrogen (secondary N) is 1. The van der Waals surface area contributed by atoms with Crippen molar-refractivity contribution in [3.8, 4) is 0 Å². The van der Waals surface area contributed by atoms with Crippen LogP contribution in [0.25, 0.3) is 0 Å². The van der Waals surface area contributed by atoms with Crippen molar-refractivity contribution in [3.63, 3.8) is 0 Å². The molecule has 0 fully saturated rings. The maximum Gasteiger partial charge on any atom is 0.332 e. The lowest BCUT2D eigenvalue weighted by atomic mass is 10.1. The number of aliphatic carboxylic acids is 1. The van der Waals surface area contributed by atoms with Crippen molar-refractivity contribution in [3.05, 3.63) is 41.5 Å². The van der Waals surface area contributed by atoms with Gasteiger partial charge < -0.3 is 10.4 Å². The summed E-state index contributed by atoms with van der Waals surface area (Å²) in [7, 11) is 0. The molecule has 1 aliphatic heterocycles. The summed E-state index contributed by atoms with van der Waals surface area (Å²) in [4.78, 5) is 24.7. The number of hydrogen-bond donors (Lipinski definition) is 2. The lowest BCUT2D eigenvalue weighted by Gasteiger charge is -2.24. The molecule has 0 unspecified atom stereocenters. The molecule has 1 heterocycles. The zero-order valence-corrected chi connectivity index (χ0v) is 11.4. The van der Waals surface area contributed by atoms with Crippen LogP contribution in [0.2, 0.25) is 0 Å². The molecule has 0 radical (unpaired) electrons. The molecule has 0 aromatic heterocycles. The standard InChI is InChI=1S/C15H18N2O3/c1-11-4-2-6-13(8-11)16-14(18)10-17-7-3-5-12(9-17)15(19)20/h2,4-6,8H,3,7,9-10H2,1H3,(H,16,18)(H,19,20). The number of carboxylic acid groups (broad SMARTS) is 1. The van der Waals surface area contributed by atoms with Gasteiger partial charge in [-0.25, -0.2) is 4.79 Å². The first-order valence-corrected chi connectivity index (χ1v) is 6.56. The molecule has 2 rings (SSSR count). The van der Waals surface area contributed by atoms with Crippen molar-refractivity contribution in [1.29, 1.82) is 0 Å². The second-order valence-corrected chi connectivity index (χ2v) is 4.95. The van der Waals surface area contributed by atoms with Gasteiger partial charge in [0.15, 0.2) is 0 Å². The zero-order valence-electron chi connectivity index (χ0n) is 11.4. The highest BCUT2D eigenvalue weighted by atomic mass is 16.4. The minimum absolute atomic E-state index is 0.123. The van der Waals surface area contributed by atoms with Crippen LogP contribution in [0.3, 0.4) is 0 Å². The average Bonchev–Trinajstić information content (AvgIpc) is 2.38. The van der Waals surface area contributed by atoms with E-state index in [1.807, 2.05) is 36.1 Å². The Bertz CT molecular complexity index is 552. The van der Waals surface area contributed by atoms with Crippen LogP contribution in [0.5, 0.6) is 0 Å². The van der Waals surface area contributed by atoms with Crippen LogP contribution in [0, 0.1) is 6.92 Å². The first-order valence-electron chi connectivity index (χ1n) is 6.56. The van der Waals surface area contributed by atoms with E-state index < -0.39 is 5.97 Å². The van der Waals surface area contributed by atoms with Crippen LogP contribution < -0.4 is 5.32 Å². The van der Waals surface area contributed by atoms with E-state index in [9.17, 15) is 9.59 Å². The van der Waals surface area contributed by atoms with E-state index >= 15 is 0 Å². The largest absolute Gasteiger partial charge is 0.478 e. The molecule has 1 aromatic carbocycles. The summed E-state index contributed by atoms with van der Waals surface area (Å²) in [6.45, 7) is 3.19. The van der Waals surface area contributed by atoms with E-state index in [0.717, 1.165) is 11.3 Å². The number of rotatable bonds is 4. The topological polar surface area (TPSA) is 69.6 Å². The summed E-state index contributed by atoms with van der Waals surface area (Å²) in [6.07, 6.45) is 2.39. The Hall–Kier alpha value is -2.14. The highest BCUT2D eigenvalue weighted by Gasteiger charge is 2.19. The lowest BCUT2D eigenvalue weighted by Crippen LogP contribution is -2.38. The fraction of sp³-hybridized carbons (Fsp3) is 0.333. The Morgan fingerprint density at radius 3 is 2.90 bits per heavy atom. The number of amides is 1. The molecule has 20 heavy (non-hydrogen) atoms. The Morgan fingerprint density at radius 2 is 2.20 bits per heavy atom. The average molecular weight is 274 g/mol. The van der Waals surface area contributed by atoms with Crippen LogP contribution in [0.4, 0.5) is 5.69 Å². The normalized spacial score (nSPS) is 15.6. The van der Waals surface area contributed by atoms with Crippen molar-refractivity contribution in [2.24, 2.45) is 0 Å². The Morgan fingerprint density at radius 1 is 1.40 bits per heavy atom. The first kappa shape index (κ1) is 14.3. The van der Waals surface area contributed by atoms with Gasteiger partial charge in [0.05, 0.1) is 6.54 Å². The van der Waals surface area contributed by atoms with Gasteiger partial charge in [0, 0.05) is 24.4 Å². The highest BCUT2D eigenvalue weighted by molar-refractivity contribution is 5.92. The number of benzene rings is 1. The molecule has 5 nitrogen and oxygen atoms in total. The van der Waals surface area contributed by atoms with E-state index in [1.54, 1.807) is 6.08 Å². The van der Waals surface area contributed by atoms with Gasteiger partial charge in [0.2, 0.25) is 5.91 Å². The fourth-order valence-electron chi connectivity index (χ4n) is 2.22. The van der Waals surface area contributed by atoms with E-state index in [0.29, 0.717) is 25.1 Å². The molecule has 0 saturated carbocycles. The quantitative estimate of drug-likeness (QED) is 0.876. The molecule has 106 valence electrons. The summed E-state index contributed by atoms with van der Waals surface area (Å²) >= 11 is 0. The van der Waals surface area contributed by atoms with Gasteiger partial charge in [0.25, 0.3) is 0 Å². The minimum atomic E-state index is -0.909. The summed E-state index contributed by atoms with van der Waals surface area (Å²) in [5, 5.41) is 11.8. The monoisotopic (exact) mass is 274 g/mol. The van der Waals surface area contributed by atoms with Crippen molar-refractivity contribution in [2.75, 3.05) is 25.0 Å². The third-order valence-electron chi connectivity index (χ3n) is 3.17. The molecule has 0 atom stereocenters. The third kappa shape index (κ3) is 3.93. The summed E-state index contributed by atoms with van der Waals surface area (Å²) in [6, 6.07) is 7.59. The van der Waals surface area contributed by atoms with Gasteiger partial charge in [-0.1, -0.05) is 18.2 Å². The second-order valence-electron chi connectivity index (χ2n) is 4.95. The Kier molecular flexibility index (Phi) is 4.53. The maximum absolute atomic E-state index is 11.9. The number of carboxylic acids is 1. The van der Waals surface area contributed by atoms with Gasteiger partial charge in [-0.2, -0.15) is 0 Å². The Balaban J connectivity index is 1.89. The fourth-order valence-corrected chi connectivity index (χ4v) is 2.22. The van der Waals surface area contributed by atoms with Gasteiger partial charge in [0.1, 0.15) is 0 Å². The lowest BCUT2D eigenvalue weighted by molar-refractivity contribution is -0.133. The molecule has 0 bridgehead atoms.